The molecule has 13 heteroatoms. The Labute approximate surface area is 222 Å². The summed E-state index contributed by atoms with van der Waals surface area (Å²) in [4.78, 5) is 39.5. The molecule has 5 aromatic rings. The second kappa shape index (κ2) is 10.5. The van der Waals surface area contributed by atoms with Gasteiger partial charge in [0.25, 0.3) is 5.56 Å². The molecule has 5 heterocycles. The summed E-state index contributed by atoms with van der Waals surface area (Å²) in [6.45, 7) is 0.669. The van der Waals surface area contributed by atoms with Crippen LogP contribution in [-0.4, -0.2) is 36.5 Å². The SMILES string of the molecule is O=C(O)c1ccn(CCc2ccsc2)c(=O)c1-c1cc(NCc2ccc(Cl)s2)n(C(=O)c2ccno2)n1. The molecule has 0 aliphatic carbocycles. The van der Waals surface area contributed by atoms with Crippen molar-refractivity contribution in [3.05, 3.63) is 96.0 Å². The Morgan fingerprint density at radius 3 is 2.73 bits per heavy atom. The molecule has 0 spiro atoms. The van der Waals surface area contributed by atoms with Crippen LogP contribution in [0.2, 0.25) is 4.34 Å². The maximum atomic E-state index is 13.5. The van der Waals surface area contributed by atoms with Crippen molar-refractivity contribution in [2.24, 2.45) is 0 Å². The highest BCUT2D eigenvalue weighted by molar-refractivity contribution is 7.16. The maximum Gasteiger partial charge on any atom is 0.336 e. The van der Waals surface area contributed by atoms with Gasteiger partial charge in [0.2, 0.25) is 5.76 Å². The number of rotatable bonds is 9. The van der Waals surface area contributed by atoms with Crippen LogP contribution in [0.25, 0.3) is 11.3 Å². The summed E-state index contributed by atoms with van der Waals surface area (Å²) in [7, 11) is 0. The molecule has 0 amide bonds. The lowest BCUT2D eigenvalue weighted by Crippen LogP contribution is -2.25. The number of nitrogens with one attached hydrogen (secondary N) is 1. The number of aromatic nitrogens is 4. The molecule has 0 fully saturated rings. The molecule has 5 rings (SSSR count). The molecule has 0 aliphatic heterocycles. The predicted octanol–water partition coefficient (Wildman–Crippen LogP) is 4.72. The molecule has 188 valence electrons. The van der Waals surface area contributed by atoms with Gasteiger partial charge in [-0.05, 0) is 47.0 Å². The molecule has 5 aromatic heterocycles. The molecule has 0 bridgehead atoms. The summed E-state index contributed by atoms with van der Waals surface area (Å²) in [5.41, 5.74) is 0.245. The van der Waals surface area contributed by atoms with Crippen molar-refractivity contribution >= 4 is 52.0 Å². The van der Waals surface area contributed by atoms with E-state index in [9.17, 15) is 19.5 Å². The highest BCUT2D eigenvalue weighted by Crippen LogP contribution is 2.26. The smallest absolute Gasteiger partial charge is 0.336 e. The third-order valence-electron chi connectivity index (χ3n) is 5.50. The van der Waals surface area contributed by atoms with Crippen molar-refractivity contribution in [2.75, 3.05) is 5.32 Å². The molecule has 0 unspecified atom stereocenters. The second-order valence-corrected chi connectivity index (χ2v) is 10.4. The Morgan fingerprint density at radius 2 is 2.05 bits per heavy atom. The normalized spacial score (nSPS) is 11.1. The van der Waals surface area contributed by atoms with Crippen molar-refractivity contribution < 1.29 is 19.2 Å². The van der Waals surface area contributed by atoms with Crippen LogP contribution < -0.4 is 10.9 Å². The van der Waals surface area contributed by atoms with E-state index in [0.717, 1.165) is 15.1 Å². The number of thiophene rings is 2. The number of hydrogen-bond donors (Lipinski definition) is 2. The Bertz CT molecular complexity index is 1620. The predicted molar refractivity (Wildman–Crippen MR) is 140 cm³/mol. The van der Waals surface area contributed by atoms with E-state index < -0.39 is 17.4 Å². The number of anilines is 1. The number of carbonyl (C=O) groups is 2. The summed E-state index contributed by atoms with van der Waals surface area (Å²) in [5, 5.41) is 24.8. The zero-order chi connectivity index (χ0) is 25.9. The fourth-order valence-corrected chi connectivity index (χ4v) is 5.43. The first-order valence-electron chi connectivity index (χ1n) is 10.9. The number of aromatic carboxylic acids is 1. The second-order valence-electron chi connectivity index (χ2n) is 7.86. The number of carboxylic acids is 1. The summed E-state index contributed by atoms with van der Waals surface area (Å²) >= 11 is 8.95. The van der Waals surface area contributed by atoms with Crippen molar-refractivity contribution in [2.45, 2.75) is 19.5 Å². The zero-order valence-electron chi connectivity index (χ0n) is 19.0. The molecule has 2 N–H and O–H groups in total. The number of pyridine rings is 1. The van der Waals surface area contributed by atoms with Crippen molar-refractivity contribution in [1.29, 1.82) is 0 Å². The van der Waals surface area contributed by atoms with Gasteiger partial charge in [-0.1, -0.05) is 16.8 Å². The Kier molecular flexibility index (Phi) is 7.04. The van der Waals surface area contributed by atoms with Crippen LogP contribution in [0.15, 0.2) is 68.9 Å². The fraction of sp³-hybridized carbons (Fsp3) is 0.125. The van der Waals surface area contributed by atoms with Crippen LogP contribution in [0.1, 0.15) is 31.4 Å². The van der Waals surface area contributed by atoms with Gasteiger partial charge in [-0.3, -0.25) is 9.59 Å². The molecule has 0 aromatic carbocycles. The van der Waals surface area contributed by atoms with Gasteiger partial charge in [-0.2, -0.15) is 21.1 Å². The minimum atomic E-state index is -1.28. The van der Waals surface area contributed by atoms with Crippen LogP contribution in [-0.2, 0) is 19.5 Å². The number of hydrogen-bond acceptors (Lipinski definition) is 9. The van der Waals surface area contributed by atoms with Crippen LogP contribution >= 0.6 is 34.3 Å². The van der Waals surface area contributed by atoms with Crippen LogP contribution in [0.5, 0.6) is 0 Å². The lowest BCUT2D eigenvalue weighted by Gasteiger charge is -2.09. The number of carboxylic acid groups (broad SMARTS) is 1. The highest BCUT2D eigenvalue weighted by atomic mass is 35.5. The molecule has 0 saturated carbocycles. The summed E-state index contributed by atoms with van der Waals surface area (Å²) in [6, 6.07) is 9.78. The summed E-state index contributed by atoms with van der Waals surface area (Å²) in [6.07, 6.45) is 3.38. The topological polar surface area (TPSA) is 132 Å². The Hall–Kier alpha value is -4.00. The first-order valence-corrected chi connectivity index (χ1v) is 13.1. The molecule has 0 aliphatic rings. The quantitative estimate of drug-likeness (QED) is 0.267. The number of halogens is 1. The molecule has 37 heavy (non-hydrogen) atoms. The number of nitrogens with zero attached hydrogens (tertiary/aromatic N) is 4. The van der Waals surface area contributed by atoms with Gasteiger partial charge < -0.3 is 19.5 Å². The van der Waals surface area contributed by atoms with E-state index in [2.05, 4.69) is 15.6 Å². The van der Waals surface area contributed by atoms with E-state index in [0.29, 0.717) is 23.8 Å². The van der Waals surface area contributed by atoms with E-state index in [1.165, 1.54) is 46.5 Å². The summed E-state index contributed by atoms with van der Waals surface area (Å²) in [5.74, 6) is -1.75. The highest BCUT2D eigenvalue weighted by Gasteiger charge is 2.25. The van der Waals surface area contributed by atoms with Gasteiger partial charge in [0.15, 0.2) is 0 Å². The van der Waals surface area contributed by atoms with Gasteiger partial charge >= 0.3 is 11.9 Å². The zero-order valence-corrected chi connectivity index (χ0v) is 21.3. The first kappa shape index (κ1) is 24.7. The number of aryl methyl sites for hydroxylation is 2. The van der Waals surface area contributed by atoms with E-state index >= 15 is 0 Å². The molecule has 0 saturated heterocycles. The van der Waals surface area contributed by atoms with E-state index in [1.54, 1.807) is 17.4 Å². The maximum absolute atomic E-state index is 13.5. The third-order valence-corrected chi connectivity index (χ3v) is 7.46. The minimum Gasteiger partial charge on any atom is -0.478 e. The first-order chi connectivity index (χ1) is 17.9. The molecule has 0 radical (unpaired) electrons. The van der Waals surface area contributed by atoms with Gasteiger partial charge in [0.05, 0.1) is 28.2 Å². The van der Waals surface area contributed by atoms with Crippen molar-refractivity contribution in [1.82, 2.24) is 19.5 Å². The van der Waals surface area contributed by atoms with Crippen molar-refractivity contribution in [3.8, 4) is 11.3 Å². The molecule has 0 atom stereocenters. The van der Waals surface area contributed by atoms with Crippen LogP contribution in [0.3, 0.4) is 0 Å². The van der Waals surface area contributed by atoms with E-state index in [4.69, 9.17) is 16.1 Å². The molecular weight excluding hydrogens is 538 g/mol. The molecule has 10 nitrogen and oxygen atoms in total. The summed E-state index contributed by atoms with van der Waals surface area (Å²) < 4.78 is 8.08. The van der Waals surface area contributed by atoms with Gasteiger partial charge in [0, 0.05) is 29.8 Å². The number of carbonyl (C=O) groups excluding carboxylic acids is 1. The Morgan fingerprint density at radius 1 is 1.19 bits per heavy atom. The average Bonchev–Trinajstić information content (AvgIpc) is 3.69. The monoisotopic (exact) mass is 555 g/mol. The molecular formula is C24H18ClN5O5S2. The average molecular weight is 556 g/mol. The van der Waals surface area contributed by atoms with Gasteiger partial charge in [-0.15, -0.1) is 11.3 Å². The van der Waals surface area contributed by atoms with Crippen molar-refractivity contribution in [3.63, 3.8) is 0 Å². The lowest BCUT2D eigenvalue weighted by molar-refractivity contribution is 0.0697. The third kappa shape index (κ3) is 5.26. The standard InChI is InChI=1S/C24H18ClN5O5S2/c25-19-2-1-15(37-19)12-26-20-11-17(28-30(20)22(31)18-3-7-27-35-18)21-16(24(33)34)5-9-29(23(21)32)8-4-14-6-10-36-13-14/h1-3,5-7,9-11,13,26H,4,8,12H2,(H,33,34). The van der Waals surface area contributed by atoms with Gasteiger partial charge in [0.1, 0.15) is 11.5 Å². The minimum absolute atomic E-state index is 0.0341. The Balaban J connectivity index is 1.56. The largest absolute Gasteiger partial charge is 0.478 e. The van der Waals surface area contributed by atoms with Crippen LogP contribution in [0, 0.1) is 0 Å². The van der Waals surface area contributed by atoms with Crippen LogP contribution in [0.4, 0.5) is 5.82 Å². The fourth-order valence-electron chi connectivity index (χ4n) is 3.70. The van der Waals surface area contributed by atoms with Gasteiger partial charge in [-0.25, -0.2) is 4.79 Å². The lowest BCUT2D eigenvalue weighted by atomic mass is 10.1. The van der Waals surface area contributed by atoms with E-state index in [-0.39, 0.29) is 28.4 Å². The van der Waals surface area contributed by atoms with E-state index in [1.807, 2.05) is 22.9 Å².